The number of hydrogen-bond acceptors (Lipinski definition) is 3. The molecule has 1 aliphatic heterocycles. The standard InChI is InChI=1S/C19H29N3O/c1-13(10-20)7-17-14(2)21(3)19-9-16-12-22(5-6-23-4)11-15(16)8-18(17)19/h8-9,13H,5-7,10-12,20H2,1-4H3. The van der Waals surface area contributed by atoms with Crippen LogP contribution in [0.4, 0.5) is 0 Å². The van der Waals surface area contributed by atoms with Gasteiger partial charge in [-0.05, 0) is 54.6 Å². The number of methoxy groups -OCH3 is 1. The van der Waals surface area contributed by atoms with E-state index in [-0.39, 0.29) is 0 Å². The first-order valence-corrected chi connectivity index (χ1v) is 8.56. The fourth-order valence-electron chi connectivity index (χ4n) is 3.67. The van der Waals surface area contributed by atoms with Gasteiger partial charge in [-0.15, -0.1) is 0 Å². The molecular weight excluding hydrogens is 286 g/mol. The van der Waals surface area contributed by atoms with Gasteiger partial charge in [0.2, 0.25) is 0 Å². The van der Waals surface area contributed by atoms with Gasteiger partial charge in [-0.3, -0.25) is 4.90 Å². The van der Waals surface area contributed by atoms with Crippen LogP contribution in [0.1, 0.15) is 29.3 Å². The summed E-state index contributed by atoms with van der Waals surface area (Å²) in [7, 11) is 3.95. The largest absolute Gasteiger partial charge is 0.383 e. The van der Waals surface area contributed by atoms with Crippen LogP contribution in [0.15, 0.2) is 12.1 Å². The first-order valence-electron chi connectivity index (χ1n) is 8.56. The number of ether oxygens (including phenoxy) is 1. The van der Waals surface area contributed by atoms with Crippen molar-refractivity contribution in [1.82, 2.24) is 9.47 Å². The van der Waals surface area contributed by atoms with Crippen molar-refractivity contribution in [3.63, 3.8) is 0 Å². The number of rotatable bonds is 6. The lowest BCUT2D eigenvalue weighted by Gasteiger charge is -2.13. The van der Waals surface area contributed by atoms with E-state index in [4.69, 9.17) is 10.5 Å². The molecule has 0 saturated carbocycles. The second kappa shape index (κ2) is 6.63. The highest BCUT2D eigenvalue weighted by Crippen LogP contribution is 2.33. The van der Waals surface area contributed by atoms with Crippen LogP contribution in [0, 0.1) is 12.8 Å². The molecule has 23 heavy (non-hydrogen) atoms. The Morgan fingerprint density at radius 2 is 1.96 bits per heavy atom. The summed E-state index contributed by atoms with van der Waals surface area (Å²) in [6.45, 7) is 9.07. The van der Waals surface area contributed by atoms with Crippen LogP contribution in [0.3, 0.4) is 0 Å². The van der Waals surface area contributed by atoms with E-state index in [0.29, 0.717) is 5.92 Å². The van der Waals surface area contributed by atoms with E-state index < -0.39 is 0 Å². The minimum Gasteiger partial charge on any atom is -0.383 e. The van der Waals surface area contributed by atoms with Crippen LogP contribution < -0.4 is 5.73 Å². The minimum absolute atomic E-state index is 0.519. The smallest absolute Gasteiger partial charge is 0.0589 e. The summed E-state index contributed by atoms with van der Waals surface area (Å²) in [6, 6.07) is 4.81. The zero-order valence-corrected chi connectivity index (χ0v) is 14.9. The van der Waals surface area contributed by atoms with Gasteiger partial charge in [0.05, 0.1) is 6.61 Å². The third kappa shape index (κ3) is 3.03. The maximum absolute atomic E-state index is 5.85. The molecule has 1 unspecified atom stereocenters. The van der Waals surface area contributed by atoms with Crippen molar-refractivity contribution in [2.75, 3.05) is 26.8 Å². The number of aromatic nitrogens is 1. The topological polar surface area (TPSA) is 43.4 Å². The summed E-state index contributed by atoms with van der Waals surface area (Å²) in [5.41, 5.74) is 13.0. The van der Waals surface area contributed by atoms with Gasteiger partial charge in [0, 0.05) is 50.4 Å². The third-order valence-electron chi connectivity index (χ3n) is 5.30. The predicted octanol–water partition coefficient (Wildman–Crippen LogP) is 2.59. The van der Waals surface area contributed by atoms with Gasteiger partial charge in [-0.1, -0.05) is 6.92 Å². The van der Waals surface area contributed by atoms with Gasteiger partial charge in [-0.2, -0.15) is 0 Å². The molecule has 0 radical (unpaired) electrons. The minimum atomic E-state index is 0.519. The Hall–Kier alpha value is -1.36. The Balaban J connectivity index is 1.97. The molecule has 4 nitrogen and oxygen atoms in total. The first-order chi connectivity index (χ1) is 11.0. The monoisotopic (exact) mass is 315 g/mol. The van der Waals surface area contributed by atoms with Crippen molar-refractivity contribution in [3.8, 4) is 0 Å². The first kappa shape index (κ1) is 16.5. The molecule has 0 saturated heterocycles. The molecular formula is C19H29N3O. The summed E-state index contributed by atoms with van der Waals surface area (Å²) in [5, 5.41) is 1.41. The van der Waals surface area contributed by atoms with Crippen molar-refractivity contribution in [2.45, 2.75) is 33.4 Å². The zero-order valence-electron chi connectivity index (χ0n) is 14.9. The van der Waals surface area contributed by atoms with Crippen molar-refractivity contribution >= 4 is 10.9 Å². The van der Waals surface area contributed by atoms with Crippen LogP contribution in [-0.4, -0.2) is 36.3 Å². The number of hydrogen-bond donors (Lipinski definition) is 1. The van der Waals surface area contributed by atoms with Gasteiger partial charge >= 0.3 is 0 Å². The molecule has 0 bridgehead atoms. The van der Waals surface area contributed by atoms with Crippen LogP contribution >= 0.6 is 0 Å². The van der Waals surface area contributed by atoms with Gasteiger partial charge in [0.1, 0.15) is 0 Å². The fourth-order valence-corrected chi connectivity index (χ4v) is 3.67. The molecule has 0 fully saturated rings. The lowest BCUT2D eigenvalue weighted by Crippen LogP contribution is -2.21. The quantitative estimate of drug-likeness (QED) is 0.891. The fraction of sp³-hybridized carbons (Fsp3) is 0.579. The Labute approximate surface area is 139 Å². The molecule has 1 aromatic carbocycles. The molecule has 126 valence electrons. The molecule has 2 heterocycles. The maximum atomic E-state index is 5.85. The van der Waals surface area contributed by atoms with E-state index >= 15 is 0 Å². The molecule has 3 rings (SSSR count). The van der Waals surface area contributed by atoms with Crippen LogP contribution in [-0.2, 0) is 31.3 Å². The molecule has 0 amide bonds. The average Bonchev–Trinajstić information content (AvgIpc) is 3.05. The highest BCUT2D eigenvalue weighted by Gasteiger charge is 2.22. The predicted molar refractivity (Wildman–Crippen MR) is 95.6 cm³/mol. The van der Waals surface area contributed by atoms with E-state index in [1.165, 1.54) is 33.3 Å². The van der Waals surface area contributed by atoms with E-state index in [2.05, 4.69) is 42.5 Å². The number of fused-ring (bicyclic) bond motifs is 2. The Morgan fingerprint density at radius 1 is 1.26 bits per heavy atom. The summed E-state index contributed by atoms with van der Waals surface area (Å²) < 4.78 is 7.56. The highest BCUT2D eigenvalue weighted by molar-refractivity contribution is 5.87. The SMILES string of the molecule is COCCN1Cc2cc3c(CC(C)CN)c(C)n(C)c3cc2C1. The van der Waals surface area contributed by atoms with Crippen molar-refractivity contribution in [3.05, 3.63) is 34.5 Å². The average molecular weight is 315 g/mol. The van der Waals surface area contributed by atoms with Crippen LogP contribution in [0.25, 0.3) is 10.9 Å². The molecule has 2 N–H and O–H groups in total. The molecule has 1 aliphatic rings. The molecule has 0 spiro atoms. The van der Waals surface area contributed by atoms with Crippen molar-refractivity contribution in [2.24, 2.45) is 18.7 Å². The lowest BCUT2D eigenvalue weighted by molar-refractivity contribution is 0.147. The second-order valence-corrected chi connectivity index (χ2v) is 7.01. The molecule has 1 aromatic heterocycles. The lowest BCUT2D eigenvalue weighted by atomic mass is 9.97. The molecule has 1 atom stereocenters. The molecule has 4 heteroatoms. The molecule has 0 aliphatic carbocycles. The van der Waals surface area contributed by atoms with Gasteiger partial charge < -0.3 is 15.0 Å². The normalized spacial score (nSPS) is 16.2. The number of nitrogens with zero attached hydrogens (tertiary/aromatic N) is 2. The number of nitrogens with two attached hydrogens (primary N) is 1. The van der Waals surface area contributed by atoms with Crippen molar-refractivity contribution < 1.29 is 4.74 Å². The van der Waals surface area contributed by atoms with Gasteiger partial charge in [0.15, 0.2) is 0 Å². The zero-order chi connectivity index (χ0) is 16.6. The third-order valence-corrected chi connectivity index (χ3v) is 5.30. The Bertz CT molecular complexity index is 704. The summed E-state index contributed by atoms with van der Waals surface area (Å²) in [6.07, 6.45) is 1.06. The summed E-state index contributed by atoms with van der Waals surface area (Å²) in [5.74, 6) is 0.519. The maximum Gasteiger partial charge on any atom is 0.0589 e. The van der Waals surface area contributed by atoms with E-state index in [9.17, 15) is 0 Å². The van der Waals surface area contributed by atoms with Gasteiger partial charge in [0.25, 0.3) is 0 Å². The van der Waals surface area contributed by atoms with E-state index in [1.54, 1.807) is 7.11 Å². The van der Waals surface area contributed by atoms with Gasteiger partial charge in [-0.25, -0.2) is 0 Å². The van der Waals surface area contributed by atoms with Crippen LogP contribution in [0.5, 0.6) is 0 Å². The van der Waals surface area contributed by atoms with E-state index in [1.807, 2.05) is 0 Å². The second-order valence-electron chi connectivity index (χ2n) is 7.01. The number of aryl methyl sites for hydroxylation is 1. The number of benzene rings is 1. The van der Waals surface area contributed by atoms with Crippen molar-refractivity contribution in [1.29, 1.82) is 0 Å². The highest BCUT2D eigenvalue weighted by atomic mass is 16.5. The Kier molecular flexibility index (Phi) is 4.76. The summed E-state index contributed by atoms with van der Waals surface area (Å²) in [4.78, 5) is 2.46. The van der Waals surface area contributed by atoms with Crippen LogP contribution in [0.2, 0.25) is 0 Å². The molecule has 2 aromatic rings. The van der Waals surface area contributed by atoms with E-state index in [0.717, 1.165) is 39.2 Å². The summed E-state index contributed by atoms with van der Waals surface area (Å²) >= 11 is 0. The Morgan fingerprint density at radius 3 is 2.61 bits per heavy atom.